The minimum atomic E-state index is -0.228. The Labute approximate surface area is 164 Å². The monoisotopic (exact) mass is 381 g/mol. The molecule has 2 N–H and O–H groups in total. The molecule has 1 saturated heterocycles. The lowest BCUT2D eigenvalue weighted by Gasteiger charge is -2.36. The number of carbonyl (C=O) groups excluding carboxylic acids is 1. The van der Waals surface area contributed by atoms with Crippen molar-refractivity contribution in [2.45, 2.75) is 32.4 Å². The number of likely N-dealkylation sites (N-methyl/N-ethyl adjacent to an activating group) is 1. The minimum absolute atomic E-state index is 0.0242. The third kappa shape index (κ3) is 3.75. The largest absolute Gasteiger partial charge is 0.418 e. The lowest BCUT2D eigenvalue weighted by atomic mass is 10.1. The number of para-hydroxylation sites is 1. The van der Waals surface area contributed by atoms with Crippen molar-refractivity contribution in [1.29, 1.82) is 0 Å². The summed E-state index contributed by atoms with van der Waals surface area (Å²) < 4.78 is 5.75. The minimum Gasteiger partial charge on any atom is -0.418 e. The Morgan fingerprint density at radius 2 is 2.21 bits per heavy atom. The van der Waals surface area contributed by atoms with Gasteiger partial charge in [0.2, 0.25) is 5.76 Å². The zero-order valence-corrected chi connectivity index (χ0v) is 16.6. The standard InChI is InChI=1S/C21H27N5O2/c1-14(10-16-11-22-18-7-5-4-6-17(16)18)24-20(27)19-12-23-21(28-19)26-9-8-25(3)15(2)13-26/h4-7,11-12,14-15,22H,8-10,13H2,1-3H3,(H,24,27)/t14?,15-/m1/s1. The Morgan fingerprint density at radius 3 is 3.04 bits per heavy atom. The van der Waals surface area contributed by atoms with Gasteiger partial charge in [0.05, 0.1) is 6.20 Å². The Kier molecular flexibility index (Phi) is 5.09. The molecule has 1 fully saturated rings. The summed E-state index contributed by atoms with van der Waals surface area (Å²) in [6, 6.07) is 9.11. The van der Waals surface area contributed by atoms with E-state index < -0.39 is 0 Å². The van der Waals surface area contributed by atoms with E-state index in [1.807, 2.05) is 25.3 Å². The highest BCUT2D eigenvalue weighted by Crippen LogP contribution is 2.20. The van der Waals surface area contributed by atoms with E-state index in [-0.39, 0.29) is 17.7 Å². The van der Waals surface area contributed by atoms with Gasteiger partial charge in [0.15, 0.2) is 0 Å². The zero-order chi connectivity index (χ0) is 19.7. The van der Waals surface area contributed by atoms with Crippen LogP contribution in [0.5, 0.6) is 0 Å². The molecule has 1 unspecified atom stereocenters. The fourth-order valence-electron chi connectivity index (χ4n) is 3.71. The molecule has 7 nitrogen and oxygen atoms in total. The molecule has 1 aliphatic heterocycles. The summed E-state index contributed by atoms with van der Waals surface area (Å²) in [5, 5.41) is 4.21. The van der Waals surface area contributed by atoms with Crippen LogP contribution >= 0.6 is 0 Å². The lowest BCUT2D eigenvalue weighted by molar-refractivity contribution is 0.0912. The highest BCUT2D eigenvalue weighted by Gasteiger charge is 2.25. The molecule has 1 aromatic carbocycles. The Morgan fingerprint density at radius 1 is 1.39 bits per heavy atom. The third-order valence-electron chi connectivity index (χ3n) is 5.53. The molecule has 0 bridgehead atoms. The molecular weight excluding hydrogens is 354 g/mol. The number of oxazole rings is 1. The van der Waals surface area contributed by atoms with E-state index in [9.17, 15) is 4.79 Å². The molecule has 1 aliphatic rings. The van der Waals surface area contributed by atoms with Crippen LogP contribution in [0, 0.1) is 0 Å². The van der Waals surface area contributed by atoms with Gasteiger partial charge < -0.3 is 24.5 Å². The number of hydrogen-bond donors (Lipinski definition) is 2. The van der Waals surface area contributed by atoms with E-state index in [2.05, 4.69) is 51.2 Å². The number of nitrogens with zero attached hydrogens (tertiary/aromatic N) is 3. The number of aromatic nitrogens is 2. The normalized spacial score (nSPS) is 19.1. The Balaban J connectivity index is 1.38. The second kappa shape index (κ2) is 7.67. The van der Waals surface area contributed by atoms with E-state index in [1.54, 1.807) is 0 Å². The van der Waals surface area contributed by atoms with Crippen LogP contribution in [0.15, 0.2) is 41.1 Å². The van der Waals surface area contributed by atoms with Crippen LogP contribution in [0.25, 0.3) is 10.9 Å². The van der Waals surface area contributed by atoms with E-state index >= 15 is 0 Å². The second-order valence-corrected chi connectivity index (χ2v) is 7.72. The van der Waals surface area contributed by atoms with Gasteiger partial charge in [-0.05, 0) is 38.9 Å². The lowest BCUT2D eigenvalue weighted by Crippen LogP contribution is -2.50. The average molecular weight is 381 g/mol. The number of fused-ring (bicyclic) bond motifs is 1. The smallest absolute Gasteiger partial charge is 0.298 e. The molecule has 4 rings (SSSR count). The number of anilines is 1. The number of amides is 1. The van der Waals surface area contributed by atoms with Gasteiger partial charge in [-0.1, -0.05) is 18.2 Å². The molecule has 2 atom stereocenters. The number of hydrogen-bond acceptors (Lipinski definition) is 5. The van der Waals surface area contributed by atoms with E-state index in [1.165, 1.54) is 17.1 Å². The van der Waals surface area contributed by atoms with E-state index in [0.29, 0.717) is 12.1 Å². The van der Waals surface area contributed by atoms with Gasteiger partial charge in [-0.15, -0.1) is 0 Å². The molecule has 7 heteroatoms. The van der Waals surface area contributed by atoms with Crippen molar-refractivity contribution in [3.05, 3.63) is 48.0 Å². The topological polar surface area (TPSA) is 77.4 Å². The fourth-order valence-corrected chi connectivity index (χ4v) is 3.71. The molecule has 28 heavy (non-hydrogen) atoms. The van der Waals surface area contributed by atoms with Gasteiger partial charge >= 0.3 is 0 Å². The molecule has 1 amide bonds. The molecule has 0 radical (unpaired) electrons. The van der Waals surface area contributed by atoms with E-state index in [4.69, 9.17) is 4.42 Å². The zero-order valence-electron chi connectivity index (χ0n) is 16.6. The summed E-state index contributed by atoms with van der Waals surface area (Å²) in [5.41, 5.74) is 2.30. The molecule has 148 valence electrons. The van der Waals surface area contributed by atoms with Crippen molar-refractivity contribution in [2.24, 2.45) is 0 Å². The van der Waals surface area contributed by atoms with Gasteiger partial charge in [0.25, 0.3) is 11.9 Å². The van der Waals surface area contributed by atoms with Crippen molar-refractivity contribution in [3.8, 4) is 0 Å². The number of aromatic amines is 1. The van der Waals surface area contributed by atoms with Crippen molar-refractivity contribution >= 4 is 22.8 Å². The van der Waals surface area contributed by atoms with Gasteiger partial charge in [0, 0.05) is 48.8 Å². The highest BCUT2D eigenvalue weighted by atomic mass is 16.4. The number of rotatable bonds is 5. The highest BCUT2D eigenvalue weighted by molar-refractivity contribution is 5.91. The molecule has 0 saturated carbocycles. The second-order valence-electron chi connectivity index (χ2n) is 7.72. The number of piperazine rings is 1. The summed E-state index contributed by atoms with van der Waals surface area (Å²) in [6.07, 6.45) is 4.27. The number of carbonyl (C=O) groups is 1. The third-order valence-corrected chi connectivity index (χ3v) is 5.53. The van der Waals surface area contributed by atoms with Crippen molar-refractivity contribution < 1.29 is 9.21 Å². The van der Waals surface area contributed by atoms with Gasteiger partial charge in [-0.3, -0.25) is 4.79 Å². The number of nitrogens with one attached hydrogen (secondary N) is 2. The first kappa shape index (κ1) is 18.6. The van der Waals surface area contributed by atoms with Crippen molar-refractivity contribution in [3.63, 3.8) is 0 Å². The number of H-pyrrole nitrogens is 1. The first-order valence-corrected chi connectivity index (χ1v) is 9.78. The quantitative estimate of drug-likeness (QED) is 0.711. The van der Waals surface area contributed by atoms with Gasteiger partial charge in [-0.2, -0.15) is 0 Å². The van der Waals surface area contributed by atoms with Crippen LogP contribution in [0.2, 0.25) is 0 Å². The van der Waals surface area contributed by atoms with Crippen LogP contribution in [0.3, 0.4) is 0 Å². The van der Waals surface area contributed by atoms with Crippen LogP contribution in [-0.2, 0) is 6.42 Å². The summed E-state index contributed by atoms with van der Waals surface area (Å²) in [4.78, 5) is 24.6. The average Bonchev–Trinajstić information content (AvgIpc) is 3.32. The maximum absolute atomic E-state index is 12.6. The molecule has 3 aromatic rings. The van der Waals surface area contributed by atoms with Crippen molar-refractivity contribution in [1.82, 2.24) is 20.2 Å². The van der Waals surface area contributed by atoms with Crippen molar-refractivity contribution in [2.75, 3.05) is 31.6 Å². The maximum atomic E-state index is 12.6. The maximum Gasteiger partial charge on any atom is 0.298 e. The molecule has 2 aromatic heterocycles. The van der Waals surface area contributed by atoms with Crippen LogP contribution in [-0.4, -0.2) is 59.5 Å². The van der Waals surface area contributed by atoms with Gasteiger partial charge in [0.1, 0.15) is 0 Å². The molecular formula is C21H27N5O2. The fraction of sp³-hybridized carbons (Fsp3) is 0.429. The predicted octanol–water partition coefficient (Wildman–Crippen LogP) is 2.66. The van der Waals surface area contributed by atoms with Crippen LogP contribution in [0.1, 0.15) is 30.0 Å². The summed E-state index contributed by atoms with van der Waals surface area (Å²) >= 11 is 0. The molecule has 0 spiro atoms. The number of benzene rings is 1. The summed E-state index contributed by atoms with van der Waals surface area (Å²) in [5.74, 6) is 0.0284. The SMILES string of the molecule is CC(Cc1c[nH]c2ccccc12)NC(=O)c1cnc(N2CCN(C)[C@H](C)C2)o1. The predicted molar refractivity (Wildman–Crippen MR) is 110 cm³/mol. The van der Waals surface area contributed by atoms with Gasteiger partial charge in [-0.25, -0.2) is 4.98 Å². The summed E-state index contributed by atoms with van der Waals surface area (Å²) in [7, 11) is 2.12. The molecule has 3 heterocycles. The first-order chi connectivity index (χ1) is 13.5. The Hall–Kier alpha value is -2.80. The van der Waals surface area contributed by atoms with Crippen LogP contribution < -0.4 is 10.2 Å². The summed E-state index contributed by atoms with van der Waals surface area (Å²) in [6.45, 7) is 6.81. The molecule has 0 aliphatic carbocycles. The Bertz CT molecular complexity index is 963. The van der Waals surface area contributed by atoms with E-state index in [0.717, 1.165) is 31.6 Å². The van der Waals surface area contributed by atoms with Crippen LogP contribution in [0.4, 0.5) is 6.01 Å². The first-order valence-electron chi connectivity index (χ1n) is 9.78.